The van der Waals surface area contributed by atoms with Crippen LogP contribution in [0.1, 0.15) is 29.4 Å². The lowest BCUT2D eigenvalue weighted by Gasteiger charge is -2.22. The number of carbonyl (C=O) groups is 2. The Labute approximate surface area is 157 Å². The first-order valence-corrected chi connectivity index (χ1v) is 8.87. The van der Waals surface area contributed by atoms with Gasteiger partial charge >= 0.3 is 5.97 Å². The summed E-state index contributed by atoms with van der Waals surface area (Å²) >= 11 is 13.4. The number of carboxylic acid groups (broad SMARTS) is 1. The fourth-order valence-corrected chi connectivity index (χ4v) is 4.22. The van der Waals surface area contributed by atoms with Crippen molar-refractivity contribution >= 4 is 52.0 Å². The van der Waals surface area contributed by atoms with Gasteiger partial charge in [-0.25, -0.2) is 0 Å². The monoisotopic (exact) mass is 397 g/mol. The van der Waals surface area contributed by atoms with Crippen LogP contribution >= 0.6 is 34.5 Å². The topological polar surface area (TPSA) is 76.0 Å². The van der Waals surface area contributed by atoms with Crippen LogP contribution in [0.5, 0.6) is 0 Å². The molecule has 130 valence electrons. The highest BCUT2D eigenvalue weighted by Crippen LogP contribution is 2.42. The summed E-state index contributed by atoms with van der Waals surface area (Å²) in [6, 6.07) is 3.26. The van der Waals surface area contributed by atoms with Crippen LogP contribution in [-0.2, 0) is 9.53 Å². The van der Waals surface area contributed by atoms with Crippen LogP contribution in [0.3, 0.4) is 0 Å². The first-order chi connectivity index (χ1) is 11.8. The molecule has 5 nitrogen and oxygen atoms in total. The minimum absolute atomic E-state index is 0.231. The van der Waals surface area contributed by atoms with Gasteiger partial charge in [-0.1, -0.05) is 23.2 Å². The van der Waals surface area contributed by atoms with E-state index >= 15 is 0 Å². The number of carbonyl (C=O) groups excluding carboxylic acids is 1. The maximum absolute atomic E-state index is 13.1. The van der Waals surface area contributed by atoms with E-state index in [0.717, 1.165) is 11.3 Å². The number of rotatable bonds is 5. The molecule has 0 unspecified atom stereocenters. The van der Waals surface area contributed by atoms with Crippen molar-refractivity contribution in [2.45, 2.75) is 19.8 Å². The molecule has 2 heterocycles. The minimum atomic E-state index is -0.996. The van der Waals surface area contributed by atoms with Crippen LogP contribution in [0, 0.1) is 0 Å². The van der Waals surface area contributed by atoms with Gasteiger partial charge in [0.15, 0.2) is 0 Å². The number of ketones is 1. The van der Waals surface area contributed by atoms with Gasteiger partial charge in [0, 0.05) is 17.7 Å². The normalized spacial score (nSPS) is 17.0. The van der Waals surface area contributed by atoms with E-state index in [1.807, 2.05) is 0 Å². The first kappa shape index (κ1) is 17.9. The van der Waals surface area contributed by atoms with Crippen molar-refractivity contribution in [2.24, 2.45) is 4.99 Å². The summed E-state index contributed by atoms with van der Waals surface area (Å²) in [7, 11) is 1.43. The van der Waals surface area contributed by atoms with Gasteiger partial charge in [0.25, 0.3) is 0 Å². The number of ether oxygens (including phenoxy) is 1. The van der Waals surface area contributed by atoms with Crippen molar-refractivity contribution in [3.8, 4) is 0 Å². The van der Waals surface area contributed by atoms with Gasteiger partial charge in [0.1, 0.15) is 5.76 Å². The van der Waals surface area contributed by atoms with Crippen LogP contribution in [0.4, 0.5) is 0 Å². The highest BCUT2D eigenvalue weighted by atomic mass is 35.5. The molecule has 1 aromatic rings. The Morgan fingerprint density at radius 1 is 1.36 bits per heavy atom. The van der Waals surface area contributed by atoms with Crippen LogP contribution in [0.2, 0.25) is 4.34 Å². The number of aliphatic carboxylic acids is 1. The lowest BCUT2D eigenvalue weighted by Crippen LogP contribution is -2.20. The predicted octanol–water partition coefficient (Wildman–Crippen LogP) is 4.58. The second-order valence-corrected chi connectivity index (χ2v) is 7.66. The Hall–Kier alpha value is -1.89. The number of halogens is 2. The first-order valence-electron chi connectivity index (χ1n) is 7.30. The second-order valence-electron chi connectivity index (χ2n) is 5.49. The van der Waals surface area contributed by atoms with E-state index in [9.17, 15) is 14.7 Å². The average molecular weight is 398 g/mol. The average Bonchev–Trinajstić information content (AvgIpc) is 3.09. The van der Waals surface area contributed by atoms with Gasteiger partial charge in [0.05, 0.1) is 39.1 Å². The number of methoxy groups -OCH3 is 1. The summed E-state index contributed by atoms with van der Waals surface area (Å²) in [6.45, 7) is 1.72. The number of allylic oxidation sites excluding steroid dienone is 4. The molecular formula is C17H13Cl2NO4S. The van der Waals surface area contributed by atoms with Gasteiger partial charge in [-0.3, -0.25) is 14.6 Å². The van der Waals surface area contributed by atoms with Crippen molar-refractivity contribution < 1.29 is 19.4 Å². The van der Waals surface area contributed by atoms with E-state index in [0.29, 0.717) is 43.2 Å². The number of hydrogen-bond donors (Lipinski definition) is 1. The number of aliphatic imine (C=N–C) groups is 1. The molecule has 0 saturated carbocycles. The molecule has 3 rings (SSSR count). The molecule has 1 aliphatic carbocycles. The lowest BCUT2D eigenvalue weighted by molar-refractivity contribution is -0.136. The Morgan fingerprint density at radius 3 is 2.64 bits per heavy atom. The number of thiophene rings is 1. The fraction of sp³-hybridized carbons (Fsp3) is 0.235. The van der Waals surface area contributed by atoms with Crippen molar-refractivity contribution in [3.05, 3.63) is 54.6 Å². The molecule has 25 heavy (non-hydrogen) atoms. The van der Waals surface area contributed by atoms with Crippen LogP contribution < -0.4 is 0 Å². The third kappa shape index (κ3) is 3.17. The molecule has 0 atom stereocenters. The van der Waals surface area contributed by atoms with E-state index in [2.05, 4.69) is 4.99 Å². The largest absolute Gasteiger partial charge is 0.495 e. The fourth-order valence-electron chi connectivity index (χ4n) is 2.94. The zero-order valence-electron chi connectivity index (χ0n) is 13.4. The summed E-state index contributed by atoms with van der Waals surface area (Å²) < 4.78 is 5.86. The van der Waals surface area contributed by atoms with Crippen LogP contribution in [-0.4, -0.2) is 29.7 Å². The van der Waals surface area contributed by atoms with E-state index in [1.165, 1.54) is 7.11 Å². The Bertz CT molecular complexity index is 921. The van der Waals surface area contributed by atoms with E-state index in [-0.39, 0.29) is 23.5 Å². The maximum atomic E-state index is 13.1. The highest BCUT2D eigenvalue weighted by molar-refractivity contribution is 7.18. The number of fused-ring (bicyclic) bond motifs is 1. The summed E-state index contributed by atoms with van der Waals surface area (Å²) in [5.74, 6) is -1.06. The summed E-state index contributed by atoms with van der Waals surface area (Å²) in [5, 5.41) is 9.59. The number of carboxylic acids is 1. The molecule has 1 aromatic heterocycles. The Balaban J connectivity index is 2.23. The maximum Gasteiger partial charge on any atom is 0.307 e. The quantitative estimate of drug-likeness (QED) is 0.737. The zero-order valence-corrected chi connectivity index (χ0v) is 15.7. The number of Topliss-reactive ketones (excluding diaryl/α,β-unsaturated/α-hetero) is 1. The van der Waals surface area contributed by atoms with Crippen molar-refractivity contribution in [2.75, 3.05) is 7.11 Å². The number of nitrogens with zero attached hydrogens (tertiary/aromatic N) is 1. The SMILES string of the molecule is COC1=C(Cl)CC2=NC(C)=C(CC(=O)O)C2=C1C(=O)c1ccc(Cl)s1. The third-order valence-corrected chi connectivity index (χ3v) is 5.47. The summed E-state index contributed by atoms with van der Waals surface area (Å²) in [4.78, 5) is 29.2. The third-order valence-electron chi connectivity index (χ3n) is 3.93. The molecule has 8 heteroatoms. The molecular weight excluding hydrogens is 385 g/mol. The molecule has 0 fully saturated rings. The van der Waals surface area contributed by atoms with E-state index in [4.69, 9.17) is 27.9 Å². The van der Waals surface area contributed by atoms with Gasteiger partial charge < -0.3 is 9.84 Å². The van der Waals surface area contributed by atoms with Crippen molar-refractivity contribution in [1.82, 2.24) is 0 Å². The molecule has 0 spiro atoms. The second kappa shape index (κ2) is 6.78. The van der Waals surface area contributed by atoms with Gasteiger partial charge in [0.2, 0.25) is 5.78 Å². The predicted molar refractivity (Wildman–Crippen MR) is 97.6 cm³/mol. The Kier molecular flexibility index (Phi) is 4.86. The van der Waals surface area contributed by atoms with Crippen molar-refractivity contribution in [3.63, 3.8) is 0 Å². The molecule has 0 bridgehead atoms. The standard InChI is InChI=1S/C17H13Cl2NO4S/c1-7-8(5-13(21)22)14-10(20-7)6-9(18)17(24-2)15(14)16(23)11-3-4-12(19)25-11/h3-4H,5-6H2,1-2H3,(H,21,22). The summed E-state index contributed by atoms with van der Waals surface area (Å²) in [6.07, 6.45) is 0.0628. The van der Waals surface area contributed by atoms with Crippen LogP contribution in [0.25, 0.3) is 0 Å². The molecule has 0 amide bonds. The molecule has 2 aliphatic rings. The van der Waals surface area contributed by atoms with Gasteiger partial charge in [-0.05, 0) is 24.6 Å². The highest BCUT2D eigenvalue weighted by Gasteiger charge is 2.37. The smallest absolute Gasteiger partial charge is 0.307 e. The molecule has 0 radical (unpaired) electrons. The van der Waals surface area contributed by atoms with E-state index < -0.39 is 5.97 Å². The molecule has 0 aromatic carbocycles. The summed E-state index contributed by atoms with van der Waals surface area (Å²) in [5.41, 5.74) is 2.42. The van der Waals surface area contributed by atoms with Gasteiger partial charge in [-0.2, -0.15) is 0 Å². The number of hydrogen-bond acceptors (Lipinski definition) is 5. The molecule has 1 aliphatic heterocycles. The molecule has 1 N–H and O–H groups in total. The van der Waals surface area contributed by atoms with Gasteiger partial charge in [-0.15, -0.1) is 11.3 Å². The van der Waals surface area contributed by atoms with Crippen molar-refractivity contribution in [1.29, 1.82) is 0 Å². The zero-order chi connectivity index (χ0) is 18.3. The lowest BCUT2D eigenvalue weighted by atomic mass is 9.86. The minimum Gasteiger partial charge on any atom is -0.495 e. The Morgan fingerprint density at radius 2 is 2.08 bits per heavy atom. The van der Waals surface area contributed by atoms with Crippen LogP contribution in [0.15, 0.2) is 50.3 Å². The van der Waals surface area contributed by atoms with E-state index in [1.54, 1.807) is 19.1 Å². The molecule has 0 saturated heterocycles.